The summed E-state index contributed by atoms with van der Waals surface area (Å²) in [5.74, 6) is 0.176. The van der Waals surface area contributed by atoms with Gasteiger partial charge in [-0.3, -0.25) is 4.79 Å². The molecule has 0 spiro atoms. The number of piperidine rings is 1. The van der Waals surface area contributed by atoms with Gasteiger partial charge in [-0.2, -0.15) is 0 Å². The van der Waals surface area contributed by atoms with Crippen molar-refractivity contribution >= 4 is 17.8 Å². The van der Waals surface area contributed by atoms with Gasteiger partial charge in [0.1, 0.15) is 17.9 Å². The first-order valence-corrected chi connectivity index (χ1v) is 16.7. The third-order valence-electron chi connectivity index (χ3n) is 8.84. The summed E-state index contributed by atoms with van der Waals surface area (Å²) in [6, 6.07) is 15.1. The van der Waals surface area contributed by atoms with E-state index in [0.29, 0.717) is 77.9 Å². The van der Waals surface area contributed by atoms with E-state index in [1.165, 1.54) is 21.3 Å². The van der Waals surface area contributed by atoms with Gasteiger partial charge in [0.25, 0.3) is 0 Å². The summed E-state index contributed by atoms with van der Waals surface area (Å²) in [4.78, 5) is 41.3. The molecule has 51 heavy (non-hydrogen) atoms. The van der Waals surface area contributed by atoms with Crippen molar-refractivity contribution in [1.82, 2.24) is 4.90 Å². The van der Waals surface area contributed by atoms with Crippen LogP contribution >= 0.6 is 0 Å². The summed E-state index contributed by atoms with van der Waals surface area (Å²) in [6.07, 6.45) is 4.05. The lowest BCUT2D eigenvalue weighted by Crippen LogP contribution is -2.50. The normalized spacial score (nSPS) is 15.2. The molecule has 0 aromatic heterocycles. The Bertz CT molecular complexity index is 1650. The third-order valence-corrected chi connectivity index (χ3v) is 8.84. The molecule has 3 aromatic carbocycles. The molecule has 3 unspecified atom stereocenters. The topological polar surface area (TPSA) is 139 Å². The Hall–Kier alpha value is -5.39. The lowest BCUT2D eigenvalue weighted by molar-refractivity contribution is -0.162. The van der Waals surface area contributed by atoms with E-state index in [-0.39, 0.29) is 5.91 Å². The Labute approximate surface area is 298 Å². The molecule has 0 saturated carbocycles. The molecule has 0 radical (unpaired) electrons. The van der Waals surface area contributed by atoms with Crippen molar-refractivity contribution in [3.8, 4) is 34.5 Å². The number of aryl methyl sites for hydroxylation is 1. The molecule has 3 aromatic rings. The molecule has 1 saturated heterocycles. The second-order valence-corrected chi connectivity index (χ2v) is 12.0. The van der Waals surface area contributed by atoms with E-state index in [2.05, 4.69) is 6.58 Å². The molecule has 1 heterocycles. The fraction of sp³-hybridized carbons (Fsp3) is 0.410. The maximum Gasteiger partial charge on any atom is 0.341 e. The number of rotatable bonds is 18. The van der Waals surface area contributed by atoms with Crippen molar-refractivity contribution in [2.45, 2.75) is 56.6 Å². The molecule has 1 aliphatic rings. The van der Waals surface area contributed by atoms with E-state index in [9.17, 15) is 14.4 Å². The van der Waals surface area contributed by atoms with Crippen LogP contribution in [0.15, 0.2) is 67.3 Å². The van der Waals surface area contributed by atoms with E-state index < -0.39 is 36.6 Å². The average Bonchev–Trinajstić information content (AvgIpc) is 3.16. The Kier molecular flexibility index (Phi) is 14.0. The predicted molar refractivity (Wildman–Crippen MR) is 189 cm³/mol. The second kappa shape index (κ2) is 18.6. The van der Waals surface area contributed by atoms with Crippen LogP contribution in [-0.2, 0) is 25.5 Å². The Morgan fingerprint density at radius 1 is 0.863 bits per heavy atom. The molecule has 1 fully saturated rings. The first kappa shape index (κ1) is 38.4. The van der Waals surface area contributed by atoms with Gasteiger partial charge in [0.05, 0.1) is 41.5 Å². The number of hydrogen-bond acceptors (Lipinski definition) is 10. The minimum Gasteiger partial charge on any atom is -0.493 e. The maximum atomic E-state index is 14.4. The molecule has 274 valence electrons. The molecule has 4 rings (SSSR count). The van der Waals surface area contributed by atoms with Crippen LogP contribution in [0.3, 0.4) is 0 Å². The van der Waals surface area contributed by atoms with Crippen molar-refractivity contribution in [2.24, 2.45) is 0 Å². The SMILES string of the molecule is C=CCC(C(=O)N1CCCCC1C(=O)OC(CCc1ccc(OC)c(OC)c1)c1cccc(OCC(=O)O)c1)c1cc(OC)c(OC)c(OC)c1. The van der Waals surface area contributed by atoms with Crippen molar-refractivity contribution in [3.63, 3.8) is 0 Å². The highest BCUT2D eigenvalue weighted by Gasteiger charge is 2.38. The number of ether oxygens (including phenoxy) is 7. The van der Waals surface area contributed by atoms with Crippen molar-refractivity contribution in [1.29, 1.82) is 0 Å². The highest BCUT2D eigenvalue weighted by atomic mass is 16.5. The van der Waals surface area contributed by atoms with Crippen LogP contribution < -0.4 is 28.4 Å². The minimum atomic E-state index is -1.11. The van der Waals surface area contributed by atoms with Gasteiger partial charge in [-0.15, -0.1) is 6.58 Å². The summed E-state index contributed by atoms with van der Waals surface area (Å²) in [5.41, 5.74) is 2.19. The quantitative estimate of drug-likeness (QED) is 0.120. The standard InChI is InChI=1S/C39H47NO11/c1-7-11-29(27-22-34(47-4)37(49-6)35(23-27)48-5)38(43)40-19-9-8-14-30(40)39(44)51-31(26-12-10-13-28(21-26)50-24-36(41)42)17-15-25-16-18-32(45-2)33(20-25)46-3/h7,10,12-13,16,18,20-23,29-31H,1,8-9,11,14-15,17,19,24H2,2-6H3,(H,41,42). The number of carboxylic acids is 1. The molecular weight excluding hydrogens is 658 g/mol. The van der Waals surface area contributed by atoms with Gasteiger partial charge in [-0.05, 0) is 91.6 Å². The monoisotopic (exact) mass is 705 g/mol. The van der Waals surface area contributed by atoms with Crippen molar-refractivity contribution < 1.29 is 52.6 Å². The Morgan fingerprint density at radius 2 is 1.57 bits per heavy atom. The molecule has 12 nitrogen and oxygen atoms in total. The predicted octanol–water partition coefficient (Wildman–Crippen LogP) is 6.15. The molecular formula is C39H47NO11. The van der Waals surface area contributed by atoms with Crippen LogP contribution in [-0.4, -0.2) is 82.6 Å². The highest BCUT2D eigenvalue weighted by Crippen LogP contribution is 2.42. The number of methoxy groups -OCH3 is 5. The molecule has 1 aliphatic heterocycles. The Balaban J connectivity index is 1.63. The van der Waals surface area contributed by atoms with Crippen LogP contribution in [0, 0.1) is 0 Å². The van der Waals surface area contributed by atoms with E-state index in [1.54, 1.807) is 61.6 Å². The number of benzene rings is 3. The van der Waals surface area contributed by atoms with Crippen LogP contribution in [0.2, 0.25) is 0 Å². The first-order chi connectivity index (χ1) is 24.7. The summed E-state index contributed by atoms with van der Waals surface area (Å²) >= 11 is 0. The number of esters is 1. The fourth-order valence-corrected chi connectivity index (χ4v) is 6.29. The van der Waals surface area contributed by atoms with Gasteiger partial charge in [0, 0.05) is 6.54 Å². The largest absolute Gasteiger partial charge is 0.493 e. The smallest absolute Gasteiger partial charge is 0.341 e. The lowest BCUT2D eigenvalue weighted by Gasteiger charge is -2.37. The summed E-state index contributed by atoms with van der Waals surface area (Å²) < 4.78 is 39.1. The first-order valence-electron chi connectivity index (χ1n) is 16.7. The number of carbonyl (C=O) groups excluding carboxylic acids is 2. The van der Waals surface area contributed by atoms with Gasteiger partial charge in [0.15, 0.2) is 29.6 Å². The maximum absolute atomic E-state index is 14.4. The second-order valence-electron chi connectivity index (χ2n) is 12.0. The van der Waals surface area contributed by atoms with Gasteiger partial charge >= 0.3 is 11.9 Å². The molecule has 1 N–H and O–H groups in total. The lowest BCUT2D eigenvalue weighted by atomic mass is 9.91. The molecule has 1 amide bonds. The summed E-state index contributed by atoms with van der Waals surface area (Å²) in [7, 11) is 7.66. The zero-order valence-electron chi connectivity index (χ0n) is 29.8. The van der Waals surface area contributed by atoms with E-state index >= 15 is 0 Å². The van der Waals surface area contributed by atoms with Gasteiger partial charge in [0.2, 0.25) is 11.7 Å². The minimum absolute atomic E-state index is 0.239. The number of carbonyl (C=O) groups is 3. The molecule has 0 bridgehead atoms. The number of allylic oxidation sites excluding steroid dienone is 1. The third kappa shape index (κ3) is 9.65. The number of likely N-dealkylation sites (tertiary alicyclic amines) is 1. The van der Waals surface area contributed by atoms with E-state index in [4.69, 9.17) is 38.3 Å². The number of amides is 1. The Morgan fingerprint density at radius 3 is 2.20 bits per heavy atom. The fourth-order valence-electron chi connectivity index (χ4n) is 6.29. The zero-order chi connectivity index (χ0) is 36.9. The zero-order valence-corrected chi connectivity index (χ0v) is 29.8. The van der Waals surface area contributed by atoms with Gasteiger partial charge in [-0.1, -0.05) is 24.3 Å². The van der Waals surface area contributed by atoms with Crippen LogP contribution in [0.5, 0.6) is 34.5 Å². The van der Waals surface area contributed by atoms with Gasteiger partial charge < -0.3 is 43.2 Å². The number of aliphatic carboxylic acids is 1. The summed E-state index contributed by atoms with van der Waals surface area (Å²) in [5, 5.41) is 9.13. The van der Waals surface area contributed by atoms with Gasteiger partial charge in [-0.25, -0.2) is 9.59 Å². The van der Waals surface area contributed by atoms with Crippen molar-refractivity contribution in [3.05, 3.63) is 83.9 Å². The van der Waals surface area contributed by atoms with E-state index in [1.807, 2.05) is 18.2 Å². The molecule has 3 atom stereocenters. The van der Waals surface area contributed by atoms with Crippen LogP contribution in [0.4, 0.5) is 0 Å². The summed E-state index contributed by atoms with van der Waals surface area (Å²) in [6.45, 7) is 3.75. The number of hydrogen-bond donors (Lipinski definition) is 1. The number of carboxylic acid groups (broad SMARTS) is 1. The highest BCUT2D eigenvalue weighted by molar-refractivity contribution is 5.89. The van der Waals surface area contributed by atoms with Crippen LogP contribution in [0.25, 0.3) is 0 Å². The molecule has 0 aliphatic carbocycles. The average molecular weight is 706 g/mol. The van der Waals surface area contributed by atoms with E-state index in [0.717, 1.165) is 18.4 Å². The molecule has 12 heteroatoms. The van der Waals surface area contributed by atoms with Crippen molar-refractivity contribution in [2.75, 3.05) is 48.7 Å². The number of nitrogens with zero attached hydrogens (tertiary/aromatic N) is 1. The van der Waals surface area contributed by atoms with Crippen LogP contribution in [0.1, 0.15) is 60.8 Å².